The van der Waals surface area contributed by atoms with Gasteiger partial charge in [0.2, 0.25) is 0 Å². The molecule has 3 unspecified atom stereocenters. The summed E-state index contributed by atoms with van der Waals surface area (Å²) < 4.78 is 0. The predicted molar refractivity (Wildman–Crippen MR) is 42.1 cm³/mol. The smallest absolute Gasteiger partial charge is 0.310 e. The van der Waals surface area contributed by atoms with Gasteiger partial charge in [-0.1, -0.05) is 6.92 Å². The fourth-order valence-corrected chi connectivity index (χ4v) is 1.90. The van der Waals surface area contributed by atoms with Gasteiger partial charge in [0.25, 0.3) is 0 Å². The van der Waals surface area contributed by atoms with Crippen LogP contribution in [0.3, 0.4) is 0 Å². The summed E-state index contributed by atoms with van der Waals surface area (Å²) in [5, 5.41) is 8.88. The molecule has 64 valence electrons. The van der Waals surface area contributed by atoms with Crippen LogP contribution < -0.4 is 5.73 Å². The highest BCUT2D eigenvalue weighted by Gasteiger charge is 2.46. The predicted octanol–water partition coefficient (Wildman–Crippen LogP) is 0.834. The molecule has 0 bridgehead atoms. The van der Waals surface area contributed by atoms with Gasteiger partial charge in [-0.2, -0.15) is 0 Å². The molecule has 0 aromatic heterocycles. The summed E-state index contributed by atoms with van der Waals surface area (Å²) in [6.45, 7) is 3.79. The lowest BCUT2D eigenvalue weighted by Crippen LogP contribution is -2.40. The number of carboxylic acids is 1. The van der Waals surface area contributed by atoms with Crippen molar-refractivity contribution in [1.29, 1.82) is 0 Å². The fourth-order valence-electron chi connectivity index (χ4n) is 1.90. The second-order valence-electron chi connectivity index (χ2n) is 3.87. The molecular weight excluding hydrogens is 142 g/mol. The standard InChI is InChI=1S/C8H15NO2/c1-5-3-6(9)8(2,4-5)7(10)11/h5-6H,3-4,9H2,1-2H3,(H,10,11). The first-order valence-electron chi connectivity index (χ1n) is 3.96. The minimum absolute atomic E-state index is 0.171. The third-order valence-electron chi connectivity index (χ3n) is 2.74. The third kappa shape index (κ3) is 1.25. The molecule has 1 saturated carbocycles. The Morgan fingerprint density at radius 2 is 2.27 bits per heavy atom. The van der Waals surface area contributed by atoms with Crippen LogP contribution in [0.1, 0.15) is 26.7 Å². The van der Waals surface area contributed by atoms with Crippen molar-refractivity contribution in [3.8, 4) is 0 Å². The molecular formula is C8H15NO2. The Balaban J connectivity index is 2.79. The fraction of sp³-hybridized carbons (Fsp3) is 0.875. The number of hydrogen-bond acceptors (Lipinski definition) is 2. The lowest BCUT2D eigenvalue weighted by atomic mass is 9.85. The van der Waals surface area contributed by atoms with Crippen LogP contribution in [0.2, 0.25) is 0 Å². The van der Waals surface area contributed by atoms with Gasteiger partial charge in [0, 0.05) is 6.04 Å². The number of carboxylic acid groups (broad SMARTS) is 1. The van der Waals surface area contributed by atoms with E-state index in [9.17, 15) is 4.79 Å². The molecule has 1 rings (SSSR count). The Kier molecular flexibility index (Phi) is 1.92. The maximum Gasteiger partial charge on any atom is 0.310 e. The summed E-state index contributed by atoms with van der Waals surface area (Å²) in [5.74, 6) is -0.305. The van der Waals surface area contributed by atoms with E-state index in [0.29, 0.717) is 12.3 Å². The molecule has 0 aromatic carbocycles. The topological polar surface area (TPSA) is 63.3 Å². The first-order chi connectivity index (χ1) is 4.97. The molecule has 1 aliphatic carbocycles. The van der Waals surface area contributed by atoms with Crippen LogP contribution in [0.5, 0.6) is 0 Å². The Labute approximate surface area is 66.6 Å². The van der Waals surface area contributed by atoms with Crippen molar-refractivity contribution in [3.05, 3.63) is 0 Å². The zero-order chi connectivity index (χ0) is 8.65. The number of rotatable bonds is 1. The summed E-state index contributed by atoms with van der Waals surface area (Å²) >= 11 is 0. The second-order valence-corrected chi connectivity index (χ2v) is 3.87. The van der Waals surface area contributed by atoms with Crippen LogP contribution >= 0.6 is 0 Å². The molecule has 0 heterocycles. The van der Waals surface area contributed by atoms with Crippen molar-refractivity contribution in [3.63, 3.8) is 0 Å². The highest BCUT2D eigenvalue weighted by atomic mass is 16.4. The van der Waals surface area contributed by atoms with E-state index in [1.807, 2.05) is 6.92 Å². The molecule has 0 saturated heterocycles. The SMILES string of the molecule is CC1CC(N)C(C)(C(=O)O)C1. The Bertz CT molecular complexity index is 181. The lowest BCUT2D eigenvalue weighted by molar-refractivity contribution is -0.148. The quantitative estimate of drug-likeness (QED) is 0.592. The van der Waals surface area contributed by atoms with Gasteiger partial charge in [-0.3, -0.25) is 4.79 Å². The molecule has 3 N–H and O–H groups in total. The van der Waals surface area contributed by atoms with Gasteiger partial charge in [0.1, 0.15) is 0 Å². The Morgan fingerprint density at radius 1 is 1.73 bits per heavy atom. The first-order valence-corrected chi connectivity index (χ1v) is 3.96. The zero-order valence-electron chi connectivity index (χ0n) is 7.00. The van der Waals surface area contributed by atoms with E-state index in [1.54, 1.807) is 6.92 Å². The maximum absolute atomic E-state index is 10.8. The van der Waals surface area contributed by atoms with Gasteiger partial charge in [-0.05, 0) is 25.7 Å². The van der Waals surface area contributed by atoms with Crippen molar-refractivity contribution in [1.82, 2.24) is 0 Å². The summed E-state index contributed by atoms with van der Waals surface area (Å²) in [6.07, 6.45) is 1.55. The molecule has 3 heteroatoms. The van der Waals surface area contributed by atoms with E-state index in [0.717, 1.165) is 6.42 Å². The van der Waals surface area contributed by atoms with Crippen molar-refractivity contribution in [2.45, 2.75) is 32.7 Å². The molecule has 3 nitrogen and oxygen atoms in total. The van der Waals surface area contributed by atoms with Crippen molar-refractivity contribution in [2.75, 3.05) is 0 Å². The van der Waals surface area contributed by atoms with Crippen molar-refractivity contribution < 1.29 is 9.90 Å². The van der Waals surface area contributed by atoms with E-state index >= 15 is 0 Å². The molecule has 1 fully saturated rings. The summed E-state index contributed by atoms with van der Waals surface area (Å²) in [4.78, 5) is 10.8. The van der Waals surface area contributed by atoms with Crippen molar-refractivity contribution >= 4 is 5.97 Å². The van der Waals surface area contributed by atoms with Crippen LogP contribution in [-0.2, 0) is 4.79 Å². The van der Waals surface area contributed by atoms with Gasteiger partial charge in [-0.15, -0.1) is 0 Å². The maximum atomic E-state index is 10.8. The lowest BCUT2D eigenvalue weighted by Gasteiger charge is -2.22. The molecule has 1 aliphatic rings. The summed E-state index contributed by atoms with van der Waals surface area (Å²) in [6, 6.07) is -0.171. The van der Waals surface area contributed by atoms with Gasteiger partial charge in [0.15, 0.2) is 0 Å². The zero-order valence-corrected chi connectivity index (χ0v) is 7.00. The number of carbonyl (C=O) groups is 1. The third-order valence-corrected chi connectivity index (χ3v) is 2.74. The molecule has 0 spiro atoms. The van der Waals surface area contributed by atoms with Crippen LogP contribution in [0.15, 0.2) is 0 Å². The van der Waals surface area contributed by atoms with Crippen LogP contribution in [0.4, 0.5) is 0 Å². The van der Waals surface area contributed by atoms with Crippen LogP contribution in [-0.4, -0.2) is 17.1 Å². The molecule has 11 heavy (non-hydrogen) atoms. The average Bonchev–Trinajstić information content (AvgIpc) is 2.08. The molecule has 0 aliphatic heterocycles. The van der Waals surface area contributed by atoms with E-state index in [4.69, 9.17) is 10.8 Å². The van der Waals surface area contributed by atoms with Gasteiger partial charge >= 0.3 is 5.97 Å². The summed E-state index contributed by atoms with van der Waals surface area (Å²) in [5.41, 5.74) is 5.04. The number of aliphatic carboxylic acids is 1. The average molecular weight is 157 g/mol. The van der Waals surface area contributed by atoms with Gasteiger partial charge < -0.3 is 10.8 Å². The Morgan fingerprint density at radius 3 is 2.45 bits per heavy atom. The highest BCUT2D eigenvalue weighted by Crippen LogP contribution is 2.40. The Hall–Kier alpha value is -0.570. The second kappa shape index (κ2) is 2.48. The van der Waals surface area contributed by atoms with E-state index in [2.05, 4.69) is 0 Å². The van der Waals surface area contributed by atoms with Crippen LogP contribution in [0.25, 0.3) is 0 Å². The molecule has 3 atom stereocenters. The number of hydrogen-bond donors (Lipinski definition) is 2. The normalized spacial score (nSPS) is 44.3. The molecule has 0 amide bonds. The summed E-state index contributed by atoms with van der Waals surface area (Å²) in [7, 11) is 0. The minimum atomic E-state index is -0.755. The van der Waals surface area contributed by atoms with E-state index in [-0.39, 0.29) is 6.04 Å². The first kappa shape index (κ1) is 8.53. The highest BCUT2D eigenvalue weighted by molar-refractivity contribution is 5.75. The monoisotopic (exact) mass is 157 g/mol. The van der Waals surface area contributed by atoms with Gasteiger partial charge in [0.05, 0.1) is 5.41 Å². The van der Waals surface area contributed by atoms with Crippen LogP contribution in [0, 0.1) is 11.3 Å². The molecule has 0 radical (unpaired) electrons. The minimum Gasteiger partial charge on any atom is -0.481 e. The largest absolute Gasteiger partial charge is 0.481 e. The van der Waals surface area contributed by atoms with E-state index in [1.165, 1.54) is 0 Å². The molecule has 0 aromatic rings. The number of nitrogens with two attached hydrogens (primary N) is 1. The van der Waals surface area contributed by atoms with Crippen molar-refractivity contribution in [2.24, 2.45) is 17.1 Å². The van der Waals surface area contributed by atoms with Gasteiger partial charge in [-0.25, -0.2) is 0 Å². The van der Waals surface area contributed by atoms with E-state index < -0.39 is 11.4 Å².